The predicted molar refractivity (Wildman–Crippen MR) is 85.5 cm³/mol. The van der Waals surface area contributed by atoms with Crippen LogP contribution in [0.1, 0.15) is 48.0 Å². The number of carbonyl (C=O) groups is 2. The Morgan fingerprint density at radius 3 is 2.14 bits per heavy atom. The molecule has 1 aliphatic heterocycles. The van der Waals surface area contributed by atoms with Crippen molar-refractivity contribution < 1.29 is 23.6 Å². The maximum absolute atomic E-state index is 11.7. The van der Waals surface area contributed by atoms with Crippen molar-refractivity contribution in [3.63, 3.8) is 0 Å². The summed E-state index contributed by atoms with van der Waals surface area (Å²) < 4.78 is 16.7. The van der Waals surface area contributed by atoms with Crippen molar-refractivity contribution in [2.45, 2.75) is 65.5 Å². The Morgan fingerprint density at radius 2 is 1.68 bits per heavy atom. The Hall–Kier alpha value is -1.14. The van der Waals surface area contributed by atoms with E-state index in [4.69, 9.17) is 14.0 Å². The standard InChI is InChI=1S/C16H27BO5/c1-7-20-14(19)13(12(2)18)10-8-9-11-17-21-15(3,4)16(5,6)22-17/h8-9,13H,7,10-11H2,1-6H3/b9-8+. The third kappa shape index (κ3) is 4.68. The summed E-state index contributed by atoms with van der Waals surface area (Å²) in [6.45, 7) is 11.4. The molecule has 0 radical (unpaired) electrons. The number of hydrogen-bond donors (Lipinski definition) is 0. The first-order valence-electron chi connectivity index (χ1n) is 7.78. The van der Waals surface area contributed by atoms with Gasteiger partial charge in [-0.2, -0.15) is 0 Å². The summed E-state index contributed by atoms with van der Waals surface area (Å²) in [4.78, 5) is 23.2. The van der Waals surface area contributed by atoms with E-state index in [9.17, 15) is 9.59 Å². The molecule has 1 aliphatic rings. The van der Waals surface area contributed by atoms with Gasteiger partial charge in [0.2, 0.25) is 0 Å². The van der Waals surface area contributed by atoms with Crippen molar-refractivity contribution in [3.8, 4) is 0 Å². The second-order valence-corrected chi connectivity index (χ2v) is 6.54. The van der Waals surface area contributed by atoms with Gasteiger partial charge in [-0.3, -0.25) is 9.59 Å². The lowest BCUT2D eigenvalue weighted by atomic mass is 9.84. The molecule has 1 atom stereocenters. The number of allylic oxidation sites excluding steroid dienone is 2. The number of Topliss-reactive ketones (excluding diaryl/α,β-unsaturated/α-hetero) is 1. The van der Waals surface area contributed by atoms with Crippen LogP contribution in [-0.4, -0.2) is 36.7 Å². The average Bonchev–Trinajstić information content (AvgIpc) is 2.57. The Bertz CT molecular complexity index is 426. The molecular formula is C16H27BO5. The lowest BCUT2D eigenvalue weighted by Gasteiger charge is -2.32. The summed E-state index contributed by atoms with van der Waals surface area (Å²) in [6, 6.07) is 0. The van der Waals surface area contributed by atoms with Crippen LogP contribution in [0.25, 0.3) is 0 Å². The summed E-state index contributed by atoms with van der Waals surface area (Å²) in [5.41, 5.74) is -0.698. The smallest absolute Gasteiger partial charge is 0.461 e. The zero-order chi connectivity index (χ0) is 17.0. The van der Waals surface area contributed by atoms with E-state index in [1.54, 1.807) is 6.92 Å². The molecule has 6 heteroatoms. The molecule has 0 saturated carbocycles. The average molecular weight is 310 g/mol. The Morgan fingerprint density at radius 1 is 1.14 bits per heavy atom. The normalized spacial score (nSPS) is 21.1. The minimum Gasteiger partial charge on any atom is -0.465 e. The maximum Gasteiger partial charge on any atom is 0.461 e. The van der Waals surface area contributed by atoms with Gasteiger partial charge in [0.1, 0.15) is 11.7 Å². The van der Waals surface area contributed by atoms with Crippen LogP contribution < -0.4 is 0 Å². The maximum atomic E-state index is 11.7. The molecule has 1 saturated heterocycles. The summed E-state index contributed by atoms with van der Waals surface area (Å²) in [5.74, 6) is -1.37. The van der Waals surface area contributed by atoms with Crippen LogP contribution in [0.2, 0.25) is 6.32 Å². The van der Waals surface area contributed by atoms with E-state index in [-0.39, 0.29) is 30.7 Å². The van der Waals surface area contributed by atoms with Crippen molar-refractivity contribution in [3.05, 3.63) is 12.2 Å². The van der Waals surface area contributed by atoms with E-state index in [0.717, 1.165) is 0 Å². The van der Waals surface area contributed by atoms with Gasteiger partial charge in [-0.1, -0.05) is 12.2 Å². The predicted octanol–water partition coefficient (Wildman–Crippen LogP) is 2.79. The van der Waals surface area contributed by atoms with Gasteiger partial charge >= 0.3 is 13.1 Å². The van der Waals surface area contributed by atoms with Crippen molar-refractivity contribution in [2.24, 2.45) is 5.92 Å². The molecular weight excluding hydrogens is 283 g/mol. The van der Waals surface area contributed by atoms with Crippen molar-refractivity contribution in [1.82, 2.24) is 0 Å². The van der Waals surface area contributed by atoms with Gasteiger partial charge in [0.25, 0.3) is 0 Å². The molecule has 0 aliphatic carbocycles. The van der Waals surface area contributed by atoms with Gasteiger partial charge in [-0.25, -0.2) is 0 Å². The Balaban J connectivity index is 2.49. The fourth-order valence-electron chi connectivity index (χ4n) is 2.17. The number of esters is 1. The van der Waals surface area contributed by atoms with E-state index in [2.05, 4.69) is 0 Å². The zero-order valence-electron chi connectivity index (χ0n) is 14.5. The van der Waals surface area contributed by atoms with E-state index in [1.165, 1.54) is 6.92 Å². The molecule has 5 nitrogen and oxygen atoms in total. The third-order valence-corrected chi connectivity index (χ3v) is 4.23. The van der Waals surface area contributed by atoms with E-state index >= 15 is 0 Å². The van der Waals surface area contributed by atoms with Crippen LogP contribution in [-0.2, 0) is 23.6 Å². The molecule has 0 aromatic carbocycles. The van der Waals surface area contributed by atoms with Crippen molar-refractivity contribution in [2.75, 3.05) is 6.61 Å². The SMILES string of the molecule is CCOC(=O)C(C/C=C/CB1OC(C)(C)C(C)(C)O1)C(C)=O. The van der Waals surface area contributed by atoms with E-state index in [0.29, 0.717) is 12.7 Å². The van der Waals surface area contributed by atoms with Crippen LogP contribution in [0.5, 0.6) is 0 Å². The minimum atomic E-state index is -0.727. The van der Waals surface area contributed by atoms with Crippen LogP contribution in [0.3, 0.4) is 0 Å². The van der Waals surface area contributed by atoms with Crippen LogP contribution in [0, 0.1) is 5.92 Å². The molecule has 0 amide bonds. The molecule has 1 unspecified atom stereocenters. The summed E-state index contributed by atoms with van der Waals surface area (Å²) in [7, 11) is -0.306. The largest absolute Gasteiger partial charge is 0.465 e. The fourth-order valence-corrected chi connectivity index (χ4v) is 2.17. The Kier molecular flexibility index (Phi) is 6.38. The number of carbonyl (C=O) groups excluding carboxylic acids is 2. The Labute approximate surface area is 133 Å². The monoisotopic (exact) mass is 310 g/mol. The number of ether oxygens (including phenoxy) is 1. The first kappa shape index (κ1) is 18.9. The quantitative estimate of drug-likeness (QED) is 0.313. The topological polar surface area (TPSA) is 61.8 Å². The molecule has 124 valence electrons. The fraction of sp³-hybridized carbons (Fsp3) is 0.750. The van der Waals surface area contributed by atoms with Gasteiger partial charge in [-0.15, -0.1) is 0 Å². The van der Waals surface area contributed by atoms with Crippen molar-refractivity contribution in [1.29, 1.82) is 0 Å². The molecule has 1 fully saturated rings. The highest BCUT2D eigenvalue weighted by Crippen LogP contribution is 2.37. The molecule has 0 spiro atoms. The third-order valence-electron chi connectivity index (χ3n) is 4.23. The highest BCUT2D eigenvalue weighted by Gasteiger charge is 2.50. The highest BCUT2D eigenvalue weighted by atomic mass is 16.7. The molecule has 0 aromatic rings. The van der Waals surface area contributed by atoms with Crippen molar-refractivity contribution >= 4 is 18.9 Å². The lowest BCUT2D eigenvalue weighted by Crippen LogP contribution is -2.41. The minimum absolute atomic E-state index is 0.182. The van der Waals surface area contributed by atoms with Crippen LogP contribution in [0.15, 0.2) is 12.2 Å². The molecule has 0 N–H and O–H groups in total. The van der Waals surface area contributed by atoms with Gasteiger partial charge in [0.15, 0.2) is 0 Å². The number of rotatable bonds is 7. The number of hydrogen-bond acceptors (Lipinski definition) is 5. The van der Waals surface area contributed by atoms with Gasteiger partial charge < -0.3 is 14.0 Å². The van der Waals surface area contributed by atoms with Gasteiger partial charge in [-0.05, 0) is 48.0 Å². The summed E-state index contributed by atoms with van der Waals surface area (Å²) in [5, 5.41) is 0. The molecule has 0 bridgehead atoms. The molecule has 1 rings (SSSR count). The first-order chi connectivity index (χ1) is 10.1. The van der Waals surface area contributed by atoms with Crippen LogP contribution in [0.4, 0.5) is 0 Å². The van der Waals surface area contributed by atoms with Gasteiger partial charge in [0, 0.05) is 6.32 Å². The number of ketones is 1. The van der Waals surface area contributed by atoms with E-state index in [1.807, 2.05) is 39.8 Å². The lowest BCUT2D eigenvalue weighted by molar-refractivity contribution is -0.150. The summed E-state index contributed by atoms with van der Waals surface area (Å²) >= 11 is 0. The molecule has 0 aromatic heterocycles. The van der Waals surface area contributed by atoms with E-state index < -0.39 is 11.9 Å². The molecule has 22 heavy (non-hydrogen) atoms. The second kappa shape index (κ2) is 7.42. The van der Waals surface area contributed by atoms with Crippen LogP contribution >= 0.6 is 0 Å². The second-order valence-electron chi connectivity index (χ2n) is 6.54. The van der Waals surface area contributed by atoms with Gasteiger partial charge in [0.05, 0.1) is 17.8 Å². The highest BCUT2D eigenvalue weighted by molar-refractivity contribution is 6.46. The summed E-state index contributed by atoms with van der Waals surface area (Å²) in [6.07, 6.45) is 4.62. The zero-order valence-corrected chi connectivity index (χ0v) is 14.5. The first-order valence-corrected chi connectivity index (χ1v) is 7.78. The molecule has 1 heterocycles.